The van der Waals surface area contributed by atoms with Crippen molar-refractivity contribution in [2.24, 2.45) is 0 Å². The van der Waals surface area contributed by atoms with Gasteiger partial charge < -0.3 is 14.2 Å². The Labute approximate surface area is 77.1 Å². The van der Waals surface area contributed by atoms with Crippen molar-refractivity contribution in [3.05, 3.63) is 0 Å². The SMILES string of the molecule is COC(=O)COC(=O)OCI. The van der Waals surface area contributed by atoms with Crippen LogP contribution >= 0.6 is 22.6 Å². The molecule has 0 amide bonds. The molecule has 0 aliphatic rings. The minimum absolute atomic E-state index is 0.192. The van der Waals surface area contributed by atoms with Crippen LogP contribution in [0.1, 0.15) is 0 Å². The number of alkyl halides is 1. The first-order valence-electron chi connectivity index (χ1n) is 2.63. The van der Waals surface area contributed by atoms with Crippen LogP contribution < -0.4 is 0 Å². The summed E-state index contributed by atoms with van der Waals surface area (Å²) in [4.78, 5) is 20.8. The molecule has 0 aliphatic carbocycles. The number of methoxy groups -OCH3 is 1. The van der Waals surface area contributed by atoms with Gasteiger partial charge in [-0.2, -0.15) is 0 Å². The Bertz CT molecular complexity index is 146. The van der Waals surface area contributed by atoms with E-state index < -0.39 is 18.7 Å². The van der Waals surface area contributed by atoms with Crippen LogP contribution in [-0.2, 0) is 19.0 Å². The number of ether oxygens (including phenoxy) is 3. The second kappa shape index (κ2) is 6.20. The third-order valence-electron chi connectivity index (χ3n) is 0.708. The number of halogens is 1. The van der Waals surface area contributed by atoms with Gasteiger partial charge in [-0.15, -0.1) is 0 Å². The molecule has 0 radical (unpaired) electrons. The van der Waals surface area contributed by atoms with E-state index in [2.05, 4.69) is 14.2 Å². The molecule has 0 aliphatic heterocycles. The number of carbonyl (C=O) groups is 2. The summed E-state index contributed by atoms with van der Waals surface area (Å²) in [5.74, 6) is -0.615. The van der Waals surface area contributed by atoms with Crippen LogP contribution in [0.5, 0.6) is 0 Å². The maximum Gasteiger partial charge on any atom is 0.509 e. The van der Waals surface area contributed by atoms with E-state index in [1.54, 1.807) is 0 Å². The third kappa shape index (κ3) is 5.89. The third-order valence-corrected chi connectivity index (χ3v) is 1.02. The largest absolute Gasteiger partial charge is 0.509 e. The van der Waals surface area contributed by atoms with Crippen LogP contribution in [0.25, 0.3) is 0 Å². The molecule has 0 heterocycles. The van der Waals surface area contributed by atoms with Gasteiger partial charge in [0.1, 0.15) is 4.61 Å². The zero-order chi connectivity index (χ0) is 8.69. The molecular formula is C5H7IO5. The quantitative estimate of drug-likeness (QED) is 0.431. The Hall–Kier alpha value is -0.530. The van der Waals surface area contributed by atoms with E-state index in [1.807, 2.05) is 22.6 Å². The Morgan fingerprint density at radius 2 is 2.00 bits per heavy atom. The average Bonchev–Trinajstić information content (AvgIpc) is 2.01. The minimum atomic E-state index is -0.871. The molecule has 0 unspecified atom stereocenters. The van der Waals surface area contributed by atoms with Gasteiger partial charge in [-0.1, -0.05) is 0 Å². The summed E-state index contributed by atoms with van der Waals surface area (Å²) in [6.07, 6.45) is -0.871. The first kappa shape index (κ1) is 10.5. The fourth-order valence-corrected chi connectivity index (χ4v) is 0.517. The lowest BCUT2D eigenvalue weighted by molar-refractivity contribution is -0.144. The van der Waals surface area contributed by atoms with E-state index in [4.69, 9.17) is 0 Å². The maximum atomic E-state index is 10.4. The molecule has 0 bridgehead atoms. The van der Waals surface area contributed by atoms with Gasteiger partial charge in [0.2, 0.25) is 0 Å². The fourth-order valence-electron chi connectivity index (χ4n) is 0.263. The van der Waals surface area contributed by atoms with E-state index in [0.29, 0.717) is 0 Å². The zero-order valence-electron chi connectivity index (χ0n) is 5.83. The molecule has 0 fully saturated rings. The van der Waals surface area contributed by atoms with Crippen LogP contribution in [0.4, 0.5) is 4.79 Å². The number of hydrogen-bond acceptors (Lipinski definition) is 5. The summed E-state index contributed by atoms with van der Waals surface area (Å²) in [5, 5.41) is 0. The topological polar surface area (TPSA) is 61.8 Å². The second-order valence-corrected chi connectivity index (χ2v) is 1.99. The molecule has 11 heavy (non-hydrogen) atoms. The predicted molar refractivity (Wildman–Crippen MR) is 43.3 cm³/mol. The molecular weight excluding hydrogens is 267 g/mol. The van der Waals surface area contributed by atoms with Gasteiger partial charge in [0.15, 0.2) is 6.61 Å². The lowest BCUT2D eigenvalue weighted by Gasteiger charge is -2.01. The average molecular weight is 274 g/mol. The molecule has 0 rings (SSSR count). The molecule has 0 aromatic heterocycles. The van der Waals surface area contributed by atoms with Crippen molar-refractivity contribution >= 4 is 34.7 Å². The molecule has 0 atom stereocenters. The van der Waals surface area contributed by atoms with Gasteiger partial charge in [0.25, 0.3) is 0 Å². The molecule has 0 aromatic carbocycles. The van der Waals surface area contributed by atoms with Crippen LogP contribution in [0.2, 0.25) is 0 Å². The molecule has 0 spiro atoms. The molecule has 0 saturated heterocycles. The summed E-state index contributed by atoms with van der Waals surface area (Å²) < 4.78 is 13.0. The zero-order valence-corrected chi connectivity index (χ0v) is 7.99. The number of hydrogen-bond donors (Lipinski definition) is 0. The van der Waals surface area contributed by atoms with Crippen molar-refractivity contribution in [1.29, 1.82) is 0 Å². The van der Waals surface area contributed by atoms with Gasteiger partial charge in [-0.05, 0) is 22.6 Å². The van der Waals surface area contributed by atoms with E-state index in [1.165, 1.54) is 7.11 Å². The van der Waals surface area contributed by atoms with Crippen molar-refractivity contribution in [3.63, 3.8) is 0 Å². The molecule has 64 valence electrons. The van der Waals surface area contributed by atoms with E-state index in [9.17, 15) is 9.59 Å². The highest BCUT2D eigenvalue weighted by Crippen LogP contribution is 1.89. The standard InChI is InChI=1S/C5H7IO5/c1-9-4(7)2-10-5(8)11-3-6/h2-3H2,1H3. The predicted octanol–water partition coefficient (Wildman–Crippen LogP) is 0.705. The number of esters is 1. The molecule has 0 aromatic rings. The molecule has 0 saturated carbocycles. The van der Waals surface area contributed by atoms with Gasteiger partial charge in [0.05, 0.1) is 7.11 Å². The van der Waals surface area contributed by atoms with Gasteiger partial charge in [-0.3, -0.25) is 0 Å². The molecule has 5 nitrogen and oxygen atoms in total. The fraction of sp³-hybridized carbons (Fsp3) is 0.600. The van der Waals surface area contributed by atoms with E-state index >= 15 is 0 Å². The first-order valence-corrected chi connectivity index (χ1v) is 4.15. The normalized spacial score (nSPS) is 8.55. The summed E-state index contributed by atoms with van der Waals surface area (Å²) in [5.41, 5.74) is 0. The van der Waals surface area contributed by atoms with E-state index in [-0.39, 0.29) is 4.61 Å². The Morgan fingerprint density at radius 1 is 1.36 bits per heavy atom. The molecule has 6 heteroatoms. The van der Waals surface area contributed by atoms with Gasteiger partial charge in [0, 0.05) is 0 Å². The highest BCUT2D eigenvalue weighted by molar-refractivity contribution is 14.1. The number of rotatable bonds is 3. The molecule has 0 N–H and O–H groups in total. The first-order chi connectivity index (χ1) is 5.20. The second-order valence-electron chi connectivity index (χ2n) is 1.37. The summed E-state index contributed by atoms with van der Waals surface area (Å²) in [6.45, 7) is -0.411. The maximum absolute atomic E-state index is 10.4. The Kier molecular flexibility index (Phi) is 5.90. The monoisotopic (exact) mass is 274 g/mol. The Morgan fingerprint density at radius 3 is 2.45 bits per heavy atom. The van der Waals surface area contributed by atoms with Crippen LogP contribution in [0.15, 0.2) is 0 Å². The lowest BCUT2D eigenvalue weighted by Crippen LogP contribution is -2.15. The van der Waals surface area contributed by atoms with Crippen LogP contribution in [-0.4, -0.2) is 30.5 Å². The van der Waals surface area contributed by atoms with Crippen LogP contribution in [0.3, 0.4) is 0 Å². The highest BCUT2D eigenvalue weighted by atomic mass is 127. The minimum Gasteiger partial charge on any atom is -0.466 e. The lowest BCUT2D eigenvalue weighted by atomic mass is 10.7. The van der Waals surface area contributed by atoms with Crippen molar-refractivity contribution in [2.75, 3.05) is 18.3 Å². The summed E-state index contributed by atoms with van der Waals surface area (Å²) in [6, 6.07) is 0. The summed E-state index contributed by atoms with van der Waals surface area (Å²) in [7, 11) is 1.20. The van der Waals surface area contributed by atoms with Crippen molar-refractivity contribution in [3.8, 4) is 0 Å². The van der Waals surface area contributed by atoms with E-state index in [0.717, 1.165) is 0 Å². The van der Waals surface area contributed by atoms with Gasteiger partial charge >= 0.3 is 12.1 Å². The highest BCUT2D eigenvalue weighted by Gasteiger charge is 2.06. The van der Waals surface area contributed by atoms with Crippen molar-refractivity contribution < 1.29 is 23.8 Å². The van der Waals surface area contributed by atoms with Gasteiger partial charge in [-0.25, -0.2) is 9.59 Å². The van der Waals surface area contributed by atoms with Crippen molar-refractivity contribution in [1.82, 2.24) is 0 Å². The number of carbonyl (C=O) groups excluding carboxylic acids is 2. The van der Waals surface area contributed by atoms with Crippen molar-refractivity contribution in [2.45, 2.75) is 0 Å². The summed E-state index contributed by atoms with van der Waals surface area (Å²) >= 11 is 1.83. The smallest absolute Gasteiger partial charge is 0.466 e. The Balaban J connectivity index is 3.38. The van der Waals surface area contributed by atoms with Crippen LogP contribution in [0, 0.1) is 0 Å².